The first kappa shape index (κ1) is 15.0. The van der Waals surface area contributed by atoms with E-state index in [-0.39, 0.29) is 5.91 Å². The Kier molecular flexibility index (Phi) is 5.97. The molecule has 2 heterocycles. The van der Waals surface area contributed by atoms with Crippen LogP contribution in [0.3, 0.4) is 0 Å². The van der Waals surface area contributed by atoms with Crippen LogP contribution < -0.4 is 5.32 Å². The molecule has 1 aliphatic heterocycles. The van der Waals surface area contributed by atoms with E-state index in [0.717, 1.165) is 39.3 Å². The van der Waals surface area contributed by atoms with Gasteiger partial charge in [0.05, 0.1) is 13.2 Å². The van der Waals surface area contributed by atoms with Crippen molar-refractivity contribution in [2.75, 3.05) is 46.5 Å². The third-order valence-corrected chi connectivity index (χ3v) is 3.18. The summed E-state index contributed by atoms with van der Waals surface area (Å²) >= 11 is 0. The molecule has 0 atom stereocenters. The summed E-state index contributed by atoms with van der Waals surface area (Å²) in [4.78, 5) is 14.2. The highest BCUT2D eigenvalue weighted by molar-refractivity contribution is 5.92. The molecule has 20 heavy (non-hydrogen) atoms. The standard InChI is InChI=1S/C13H22N4O3/c1-19-11-17-6-3-12(15-17)13(18)14-4-2-5-16-7-9-20-10-8-16/h3,6H,2,4-5,7-11H2,1H3,(H,14,18). The first-order chi connectivity index (χ1) is 9.79. The minimum Gasteiger partial charge on any atom is -0.379 e. The minimum atomic E-state index is -0.137. The molecule has 0 aliphatic carbocycles. The monoisotopic (exact) mass is 282 g/mol. The largest absolute Gasteiger partial charge is 0.379 e. The summed E-state index contributed by atoms with van der Waals surface area (Å²) in [5, 5.41) is 7.00. The van der Waals surface area contributed by atoms with Crippen molar-refractivity contribution in [1.82, 2.24) is 20.0 Å². The van der Waals surface area contributed by atoms with Crippen molar-refractivity contribution in [1.29, 1.82) is 0 Å². The first-order valence-corrected chi connectivity index (χ1v) is 6.90. The van der Waals surface area contributed by atoms with Crippen molar-refractivity contribution in [3.8, 4) is 0 Å². The van der Waals surface area contributed by atoms with Crippen LogP contribution in [0.5, 0.6) is 0 Å². The molecule has 7 heteroatoms. The maximum Gasteiger partial charge on any atom is 0.271 e. The number of carbonyl (C=O) groups is 1. The Morgan fingerprint density at radius 2 is 2.30 bits per heavy atom. The predicted molar refractivity (Wildman–Crippen MR) is 73.4 cm³/mol. The van der Waals surface area contributed by atoms with E-state index in [1.807, 2.05) is 0 Å². The number of ether oxygens (including phenoxy) is 2. The van der Waals surface area contributed by atoms with Crippen LogP contribution in [0.15, 0.2) is 12.3 Å². The maximum atomic E-state index is 11.9. The van der Waals surface area contributed by atoms with Crippen LogP contribution in [0.1, 0.15) is 16.9 Å². The molecule has 1 aliphatic rings. The van der Waals surface area contributed by atoms with Gasteiger partial charge in [0.1, 0.15) is 12.4 Å². The van der Waals surface area contributed by atoms with Gasteiger partial charge in [-0.05, 0) is 19.0 Å². The Bertz CT molecular complexity index is 416. The fourth-order valence-corrected chi connectivity index (χ4v) is 2.11. The maximum absolute atomic E-state index is 11.9. The lowest BCUT2D eigenvalue weighted by molar-refractivity contribution is 0.0374. The molecule has 1 aromatic rings. The summed E-state index contributed by atoms with van der Waals surface area (Å²) in [6, 6.07) is 1.69. The lowest BCUT2D eigenvalue weighted by Crippen LogP contribution is -2.38. The Hall–Kier alpha value is -1.44. The summed E-state index contributed by atoms with van der Waals surface area (Å²) in [5.74, 6) is -0.137. The molecule has 1 fully saturated rings. The van der Waals surface area contributed by atoms with E-state index in [1.54, 1.807) is 24.1 Å². The van der Waals surface area contributed by atoms with E-state index in [1.165, 1.54) is 0 Å². The van der Waals surface area contributed by atoms with Crippen LogP contribution in [0, 0.1) is 0 Å². The Morgan fingerprint density at radius 1 is 1.50 bits per heavy atom. The fraction of sp³-hybridized carbons (Fsp3) is 0.692. The normalized spacial score (nSPS) is 16.2. The highest BCUT2D eigenvalue weighted by atomic mass is 16.5. The molecule has 7 nitrogen and oxygen atoms in total. The molecule has 0 radical (unpaired) electrons. The molecule has 0 spiro atoms. The summed E-state index contributed by atoms with van der Waals surface area (Å²) in [6.07, 6.45) is 2.66. The summed E-state index contributed by atoms with van der Waals surface area (Å²) in [6.45, 7) is 5.58. The van der Waals surface area contributed by atoms with Crippen molar-refractivity contribution in [2.45, 2.75) is 13.2 Å². The van der Waals surface area contributed by atoms with Gasteiger partial charge in [-0.15, -0.1) is 0 Å². The molecule has 0 aromatic carbocycles. The number of morpholine rings is 1. The van der Waals surface area contributed by atoms with Crippen LogP contribution in [-0.4, -0.2) is 67.1 Å². The summed E-state index contributed by atoms with van der Waals surface area (Å²) in [7, 11) is 1.59. The van der Waals surface area contributed by atoms with E-state index < -0.39 is 0 Å². The Morgan fingerprint density at radius 3 is 3.05 bits per heavy atom. The smallest absolute Gasteiger partial charge is 0.271 e. The van der Waals surface area contributed by atoms with Gasteiger partial charge in [0.25, 0.3) is 5.91 Å². The number of hydrogen-bond donors (Lipinski definition) is 1. The molecule has 1 N–H and O–H groups in total. The number of nitrogens with zero attached hydrogens (tertiary/aromatic N) is 3. The van der Waals surface area contributed by atoms with E-state index in [0.29, 0.717) is 19.0 Å². The number of amides is 1. The third kappa shape index (κ3) is 4.59. The predicted octanol–water partition coefficient (Wildman–Crippen LogP) is -0.0609. The van der Waals surface area contributed by atoms with Crippen molar-refractivity contribution < 1.29 is 14.3 Å². The van der Waals surface area contributed by atoms with Gasteiger partial charge in [0.15, 0.2) is 0 Å². The number of nitrogens with one attached hydrogen (secondary N) is 1. The van der Waals surface area contributed by atoms with Crippen LogP contribution in [0.4, 0.5) is 0 Å². The van der Waals surface area contributed by atoms with Crippen molar-refractivity contribution in [3.63, 3.8) is 0 Å². The number of carbonyl (C=O) groups excluding carboxylic acids is 1. The molecular weight excluding hydrogens is 260 g/mol. The number of methoxy groups -OCH3 is 1. The molecule has 2 rings (SSSR count). The average molecular weight is 282 g/mol. The molecule has 112 valence electrons. The van der Waals surface area contributed by atoms with E-state index in [9.17, 15) is 4.79 Å². The fourth-order valence-electron chi connectivity index (χ4n) is 2.11. The molecule has 0 bridgehead atoms. The van der Waals surface area contributed by atoms with E-state index in [4.69, 9.17) is 9.47 Å². The Labute approximate surface area is 118 Å². The second kappa shape index (κ2) is 7.98. The molecule has 1 aromatic heterocycles. The van der Waals surface area contributed by atoms with Crippen LogP contribution in [-0.2, 0) is 16.2 Å². The summed E-state index contributed by atoms with van der Waals surface area (Å²) < 4.78 is 11.8. The summed E-state index contributed by atoms with van der Waals surface area (Å²) in [5.41, 5.74) is 0.424. The minimum absolute atomic E-state index is 0.137. The molecule has 1 amide bonds. The molecule has 0 unspecified atom stereocenters. The highest BCUT2D eigenvalue weighted by Gasteiger charge is 2.11. The van der Waals surface area contributed by atoms with Crippen LogP contribution in [0.2, 0.25) is 0 Å². The van der Waals surface area contributed by atoms with Gasteiger partial charge in [0.2, 0.25) is 0 Å². The van der Waals surface area contributed by atoms with Gasteiger partial charge in [-0.1, -0.05) is 0 Å². The highest BCUT2D eigenvalue weighted by Crippen LogP contribution is 1.98. The van der Waals surface area contributed by atoms with Crippen molar-refractivity contribution in [3.05, 3.63) is 18.0 Å². The lowest BCUT2D eigenvalue weighted by Gasteiger charge is -2.26. The van der Waals surface area contributed by atoms with Crippen molar-refractivity contribution >= 4 is 5.91 Å². The molecule has 0 saturated carbocycles. The van der Waals surface area contributed by atoms with Crippen LogP contribution in [0.25, 0.3) is 0 Å². The van der Waals surface area contributed by atoms with Gasteiger partial charge in [0, 0.05) is 32.9 Å². The molecular formula is C13H22N4O3. The van der Waals surface area contributed by atoms with Gasteiger partial charge in [-0.2, -0.15) is 5.10 Å². The van der Waals surface area contributed by atoms with Gasteiger partial charge in [-0.25, -0.2) is 4.68 Å². The van der Waals surface area contributed by atoms with Crippen LogP contribution >= 0.6 is 0 Å². The van der Waals surface area contributed by atoms with Gasteiger partial charge in [-0.3, -0.25) is 9.69 Å². The van der Waals surface area contributed by atoms with E-state index in [2.05, 4.69) is 15.3 Å². The number of rotatable bonds is 7. The van der Waals surface area contributed by atoms with Gasteiger partial charge < -0.3 is 14.8 Å². The van der Waals surface area contributed by atoms with Crippen molar-refractivity contribution in [2.24, 2.45) is 0 Å². The number of hydrogen-bond acceptors (Lipinski definition) is 5. The first-order valence-electron chi connectivity index (χ1n) is 6.90. The lowest BCUT2D eigenvalue weighted by atomic mass is 10.3. The second-order valence-electron chi connectivity index (χ2n) is 4.72. The zero-order valence-corrected chi connectivity index (χ0v) is 11.9. The molecule has 1 saturated heterocycles. The topological polar surface area (TPSA) is 68.6 Å². The zero-order chi connectivity index (χ0) is 14.2. The Balaban J connectivity index is 1.63. The quantitative estimate of drug-likeness (QED) is 0.710. The van der Waals surface area contributed by atoms with Gasteiger partial charge >= 0.3 is 0 Å². The third-order valence-electron chi connectivity index (χ3n) is 3.18. The SMILES string of the molecule is COCn1ccc(C(=O)NCCCN2CCOCC2)n1. The zero-order valence-electron chi connectivity index (χ0n) is 11.9. The second-order valence-corrected chi connectivity index (χ2v) is 4.72. The van der Waals surface area contributed by atoms with E-state index >= 15 is 0 Å². The average Bonchev–Trinajstić information content (AvgIpc) is 2.94. The number of aromatic nitrogens is 2.